The largest absolute Gasteiger partial charge is 0.494 e. The maximum absolute atomic E-state index is 14.6. The van der Waals surface area contributed by atoms with Crippen LogP contribution in [0.3, 0.4) is 0 Å². The Bertz CT molecular complexity index is 1470. The molecule has 3 fully saturated rings. The quantitative estimate of drug-likeness (QED) is 0.319. The number of benzene rings is 3. The number of carbonyl (C=O) groups excluding carboxylic acids is 3. The van der Waals surface area contributed by atoms with Gasteiger partial charge >= 0.3 is 0 Å². The molecule has 3 N–H and O–H groups in total. The van der Waals surface area contributed by atoms with E-state index in [9.17, 15) is 19.5 Å². The number of nitrogens with one attached hydrogen (secondary N) is 2. The molecule has 3 aliphatic heterocycles. The van der Waals surface area contributed by atoms with Gasteiger partial charge in [0.15, 0.2) is 0 Å². The van der Waals surface area contributed by atoms with Gasteiger partial charge in [-0.1, -0.05) is 67.6 Å². The van der Waals surface area contributed by atoms with Gasteiger partial charge in [-0.2, -0.15) is 0 Å². The summed E-state index contributed by atoms with van der Waals surface area (Å²) in [4.78, 5) is 44.3. The zero-order valence-corrected chi connectivity index (χ0v) is 25.1. The van der Waals surface area contributed by atoms with Gasteiger partial charge in [0.05, 0.1) is 35.8 Å². The molecule has 0 aromatic heterocycles. The van der Waals surface area contributed by atoms with Crippen LogP contribution in [0.4, 0.5) is 5.69 Å². The summed E-state index contributed by atoms with van der Waals surface area (Å²) < 4.78 is 4.73. The summed E-state index contributed by atoms with van der Waals surface area (Å²) in [5, 5.41) is 16.7. The molecule has 0 radical (unpaired) electrons. The van der Waals surface area contributed by atoms with Crippen LogP contribution >= 0.6 is 11.8 Å². The van der Waals surface area contributed by atoms with Crippen molar-refractivity contribution in [1.82, 2.24) is 10.2 Å². The lowest BCUT2D eigenvalue weighted by atomic mass is 9.66. The van der Waals surface area contributed by atoms with E-state index in [0.29, 0.717) is 24.6 Å². The lowest BCUT2D eigenvalue weighted by Gasteiger charge is -2.40. The van der Waals surface area contributed by atoms with E-state index in [2.05, 4.69) is 17.6 Å². The molecule has 9 heteroatoms. The summed E-state index contributed by atoms with van der Waals surface area (Å²) in [7, 11) is 0. The lowest BCUT2D eigenvalue weighted by Crippen LogP contribution is -2.56. The van der Waals surface area contributed by atoms with E-state index in [4.69, 9.17) is 4.74 Å². The minimum absolute atomic E-state index is 0.0126. The standard InChI is InChI=1S/C34H37N3O5S/c1-3-42-25-16-14-24(15-17-25)36-31(39)28-27-18-21(2)34(43-27)29(28)33(41)37(26(20-38)23-12-8-5-9-13-23)30(34)32(40)35-19-22-10-6-4-7-11-22/h4-17,21,26-30,38H,3,18-20H2,1-2H3,(H,35,40)(H,36,39)/t21?,26-,27-,28+,29+,30?,34?/m1/s1. The average Bonchev–Trinajstić information content (AvgIpc) is 3.62. The molecule has 3 aromatic carbocycles. The number of rotatable bonds is 10. The Balaban J connectivity index is 1.35. The first-order chi connectivity index (χ1) is 20.9. The molecular weight excluding hydrogens is 562 g/mol. The van der Waals surface area contributed by atoms with E-state index in [-0.39, 0.29) is 35.5 Å². The van der Waals surface area contributed by atoms with Gasteiger partial charge in [0, 0.05) is 17.5 Å². The van der Waals surface area contributed by atoms with Crippen LogP contribution in [0.15, 0.2) is 84.9 Å². The Morgan fingerprint density at radius 3 is 2.35 bits per heavy atom. The summed E-state index contributed by atoms with van der Waals surface area (Å²) in [5.41, 5.74) is 2.32. The molecule has 0 aliphatic carbocycles. The number of nitrogens with zero attached hydrogens (tertiary/aromatic N) is 1. The van der Waals surface area contributed by atoms with E-state index in [1.165, 1.54) is 0 Å². The van der Waals surface area contributed by atoms with E-state index in [1.807, 2.05) is 67.6 Å². The fraction of sp³-hybridized carbons (Fsp3) is 0.382. The number of aliphatic hydroxyl groups is 1. The van der Waals surface area contributed by atoms with Crippen LogP contribution in [0.5, 0.6) is 5.75 Å². The van der Waals surface area contributed by atoms with Crippen LogP contribution in [0, 0.1) is 17.8 Å². The monoisotopic (exact) mass is 599 g/mol. The van der Waals surface area contributed by atoms with Crippen LogP contribution < -0.4 is 15.4 Å². The number of hydrogen-bond donors (Lipinski definition) is 3. The number of likely N-dealkylation sites (tertiary alicyclic amines) is 1. The molecule has 3 heterocycles. The highest BCUT2D eigenvalue weighted by atomic mass is 32.2. The molecule has 0 saturated carbocycles. The maximum atomic E-state index is 14.6. The number of hydrogen-bond acceptors (Lipinski definition) is 6. The van der Waals surface area contributed by atoms with Crippen molar-refractivity contribution in [3.05, 3.63) is 96.1 Å². The zero-order chi connectivity index (χ0) is 30.1. The van der Waals surface area contributed by atoms with Crippen LogP contribution in [0.1, 0.15) is 37.4 Å². The van der Waals surface area contributed by atoms with Crippen molar-refractivity contribution in [2.45, 2.75) is 48.9 Å². The highest BCUT2D eigenvalue weighted by Crippen LogP contribution is 2.69. The first-order valence-corrected chi connectivity index (χ1v) is 15.8. The summed E-state index contributed by atoms with van der Waals surface area (Å²) in [6.45, 7) is 4.52. The molecule has 6 rings (SSSR count). The maximum Gasteiger partial charge on any atom is 0.244 e. The molecule has 3 aromatic rings. The fourth-order valence-corrected chi connectivity index (χ4v) is 9.74. The molecule has 2 bridgehead atoms. The van der Waals surface area contributed by atoms with Crippen LogP contribution in [-0.2, 0) is 20.9 Å². The topological polar surface area (TPSA) is 108 Å². The van der Waals surface area contributed by atoms with E-state index >= 15 is 0 Å². The predicted molar refractivity (Wildman–Crippen MR) is 166 cm³/mol. The fourth-order valence-electron chi connectivity index (χ4n) is 7.33. The van der Waals surface area contributed by atoms with Gasteiger partial charge in [-0.3, -0.25) is 14.4 Å². The molecular formula is C34H37N3O5S. The second-order valence-corrected chi connectivity index (χ2v) is 13.1. The Kier molecular flexibility index (Phi) is 8.20. The molecule has 224 valence electrons. The van der Waals surface area contributed by atoms with Gasteiger partial charge in [-0.05, 0) is 54.7 Å². The van der Waals surface area contributed by atoms with Crippen LogP contribution in [0.2, 0.25) is 0 Å². The third-order valence-electron chi connectivity index (χ3n) is 9.17. The lowest BCUT2D eigenvalue weighted by molar-refractivity contribution is -0.142. The number of ether oxygens (including phenoxy) is 1. The highest BCUT2D eigenvalue weighted by Gasteiger charge is 2.76. The Labute approximate surface area is 256 Å². The number of anilines is 1. The van der Waals surface area contributed by atoms with Gasteiger partial charge in [-0.25, -0.2) is 0 Å². The third kappa shape index (κ3) is 5.08. The van der Waals surface area contributed by atoms with E-state index in [1.54, 1.807) is 40.9 Å². The van der Waals surface area contributed by atoms with Gasteiger partial charge < -0.3 is 25.4 Å². The minimum Gasteiger partial charge on any atom is -0.494 e. The van der Waals surface area contributed by atoms with Gasteiger partial charge in [0.1, 0.15) is 11.8 Å². The zero-order valence-electron chi connectivity index (χ0n) is 24.3. The summed E-state index contributed by atoms with van der Waals surface area (Å²) >= 11 is 1.62. The third-order valence-corrected chi connectivity index (χ3v) is 11.2. The smallest absolute Gasteiger partial charge is 0.244 e. The number of thioether (sulfide) groups is 1. The Morgan fingerprint density at radius 2 is 1.70 bits per heavy atom. The minimum atomic E-state index is -0.848. The molecule has 7 atom stereocenters. The van der Waals surface area contributed by atoms with Crippen molar-refractivity contribution in [2.24, 2.45) is 17.8 Å². The van der Waals surface area contributed by atoms with Crippen LogP contribution in [-0.4, -0.2) is 57.0 Å². The van der Waals surface area contributed by atoms with Gasteiger partial charge in [0.2, 0.25) is 17.7 Å². The summed E-state index contributed by atoms with van der Waals surface area (Å²) in [5.74, 6) is -1.31. The van der Waals surface area contributed by atoms with Crippen molar-refractivity contribution in [3.8, 4) is 5.75 Å². The first-order valence-electron chi connectivity index (χ1n) is 14.9. The molecule has 3 unspecified atom stereocenters. The summed E-state index contributed by atoms with van der Waals surface area (Å²) in [6.07, 6.45) is 0.723. The molecule has 1 spiro atoms. The molecule has 3 aliphatic rings. The highest BCUT2D eigenvalue weighted by molar-refractivity contribution is 8.02. The molecule has 3 saturated heterocycles. The van der Waals surface area contributed by atoms with Gasteiger partial charge in [-0.15, -0.1) is 11.8 Å². The number of aliphatic hydroxyl groups excluding tert-OH is 1. The summed E-state index contributed by atoms with van der Waals surface area (Å²) in [6, 6.07) is 24.6. The average molecular weight is 600 g/mol. The number of amides is 3. The van der Waals surface area contributed by atoms with Crippen molar-refractivity contribution >= 4 is 35.2 Å². The second-order valence-electron chi connectivity index (χ2n) is 11.6. The number of carbonyl (C=O) groups is 3. The van der Waals surface area contributed by atoms with Gasteiger partial charge in [0.25, 0.3) is 0 Å². The van der Waals surface area contributed by atoms with Crippen molar-refractivity contribution in [3.63, 3.8) is 0 Å². The molecule has 43 heavy (non-hydrogen) atoms. The van der Waals surface area contributed by atoms with Crippen molar-refractivity contribution in [2.75, 3.05) is 18.5 Å². The van der Waals surface area contributed by atoms with E-state index in [0.717, 1.165) is 17.5 Å². The van der Waals surface area contributed by atoms with Crippen LogP contribution in [0.25, 0.3) is 0 Å². The van der Waals surface area contributed by atoms with E-state index < -0.39 is 28.7 Å². The predicted octanol–water partition coefficient (Wildman–Crippen LogP) is 4.41. The SMILES string of the molecule is CCOc1ccc(NC(=O)[C@@H]2[C@H]3C(=O)N([C@H](CO)c4ccccc4)C(C(=O)NCc4ccccc4)C34S[C@@H]2CC4C)cc1. The van der Waals surface area contributed by atoms with Crippen molar-refractivity contribution in [1.29, 1.82) is 0 Å². The Morgan fingerprint density at radius 1 is 1.02 bits per heavy atom. The number of fused-ring (bicyclic) bond motifs is 1. The van der Waals surface area contributed by atoms with Crippen molar-refractivity contribution < 1.29 is 24.2 Å². The molecule has 3 amide bonds. The normalized spacial score (nSPS) is 27.9. The first kappa shape index (κ1) is 29.3. The Hall–Kier alpha value is -3.82. The second kappa shape index (κ2) is 12.1. The molecule has 8 nitrogen and oxygen atoms in total.